The zero-order valence-corrected chi connectivity index (χ0v) is 17.4. The van der Waals surface area contributed by atoms with Gasteiger partial charge in [0.2, 0.25) is 5.91 Å². The summed E-state index contributed by atoms with van der Waals surface area (Å²) in [5.74, 6) is 0.906. The first-order chi connectivity index (χ1) is 13.3. The van der Waals surface area contributed by atoms with E-state index in [2.05, 4.69) is 19.2 Å². The van der Waals surface area contributed by atoms with Crippen LogP contribution in [0.4, 0.5) is 5.69 Å². The summed E-state index contributed by atoms with van der Waals surface area (Å²) in [5, 5.41) is 2.90. The van der Waals surface area contributed by atoms with Crippen molar-refractivity contribution in [3.8, 4) is 5.75 Å². The largest absolute Gasteiger partial charge is 0.494 e. The summed E-state index contributed by atoms with van der Waals surface area (Å²) in [6.07, 6.45) is 0.985. The molecule has 28 heavy (non-hydrogen) atoms. The van der Waals surface area contributed by atoms with E-state index in [-0.39, 0.29) is 18.4 Å². The fraction of sp³-hybridized carbons (Fsp3) is 0.391. The lowest BCUT2D eigenvalue weighted by molar-refractivity contribution is -0.116. The molecule has 0 saturated heterocycles. The van der Waals surface area contributed by atoms with Gasteiger partial charge in [-0.2, -0.15) is 0 Å². The van der Waals surface area contributed by atoms with Crippen molar-refractivity contribution < 1.29 is 14.3 Å². The first-order valence-electron chi connectivity index (χ1n) is 9.62. The first kappa shape index (κ1) is 21.5. The van der Waals surface area contributed by atoms with Crippen molar-refractivity contribution >= 4 is 17.5 Å². The number of hydrogen-bond donors (Lipinski definition) is 1. The molecule has 0 spiro atoms. The number of likely N-dealkylation sites (N-methyl/N-ethyl adjacent to an activating group) is 1. The monoisotopic (exact) mass is 382 g/mol. The van der Waals surface area contributed by atoms with Gasteiger partial charge in [-0.1, -0.05) is 32.0 Å². The number of hydrogen-bond acceptors (Lipinski definition) is 3. The van der Waals surface area contributed by atoms with Crippen LogP contribution in [0.5, 0.6) is 5.75 Å². The van der Waals surface area contributed by atoms with E-state index >= 15 is 0 Å². The highest BCUT2D eigenvalue weighted by atomic mass is 16.5. The molecule has 0 bridgehead atoms. The van der Waals surface area contributed by atoms with Gasteiger partial charge in [-0.3, -0.25) is 9.59 Å². The minimum atomic E-state index is -0.220. The molecule has 0 heterocycles. The number of amides is 2. The van der Waals surface area contributed by atoms with Crippen LogP contribution in [-0.4, -0.2) is 36.9 Å². The maximum absolute atomic E-state index is 12.6. The summed E-state index contributed by atoms with van der Waals surface area (Å²) >= 11 is 0. The molecule has 2 aromatic carbocycles. The predicted octanol–water partition coefficient (Wildman–Crippen LogP) is 4.44. The number of aryl methyl sites for hydroxylation is 2. The number of nitrogens with zero attached hydrogens (tertiary/aromatic N) is 1. The molecule has 2 amide bonds. The van der Waals surface area contributed by atoms with Gasteiger partial charge in [-0.25, -0.2) is 0 Å². The van der Waals surface area contributed by atoms with Crippen LogP contribution >= 0.6 is 0 Å². The summed E-state index contributed by atoms with van der Waals surface area (Å²) in [6, 6.07) is 12.9. The van der Waals surface area contributed by atoms with Gasteiger partial charge in [0.05, 0.1) is 13.2 Å². The van der Waals surface area contributed by atoms with Crippen molar-refractivity contribution in [2.75, 3.05) is 25.5 Å². The van der Waals surface area contributed by atoms with Gasteiger partial charge in [0.25, 0.3) is 5.91 Å². The van der Waals surface area contributed by atoms with Crippen LogP contribution < -0.4 is 10.1 Å². The summed E-state index contributed by atoms with van der Waals surface area (Å²) in [6.45, 7) is 8.84. The van der Waals surface area contributed by atoms with Gasteiger partial charge in [-0.05, 0) is 61.6 Å². The normalized spacial score (nSPS) is 10.6. The standard InChI is InChI=1S/C23H30N2O3/c1-16(2)13-14-28-20-11-9-19(10-12-20)23(27)25(5)15-21(26)24-22-17(3)7-6-8-18(22)4/h6-12,16H,13-15H2,1-5H3,(H,24,26). The molecule has 0 aliphatic carbocycles. The van der Waals surface area contributed by atoms with Crippen LogP contribution in [-0.2, 0) is 4.79 Å². The Labute approximate surface area is 167 Å². The number of rotatable bonds is 8. The molecule has 0 saturated carbocycles. The zero-order valence-electron chi connectivity index (χ0n) is 17.4. The Hall–Kier alpha value is -2.82. The molecule has 0 aliphatic rings. The highest BCUT2D eigenvalue weighted by Crippen LogP contribution is 2.19. The van der Waals surface area contributed by atoms with E-state index in [9.17, 15) is 9.59 Å². The fourth-order valence-corrected chi connectivity index (χ4v) is 2.80. The molecule has 0 atom stereocenters. The maximum atomic E-state index is 12.6. The minimum absolute atomic E-state index is 0.0146. The number of ether oxygens (including phenoxy) is 1. The molecular formula is C23H30N2O3. The zero-order chi connectivity index (χ0) is 20.7. The van der Waals surface area contributed by atoms with Crippen molar-refractivity contribution in [1.82, 2.24) is 4.90 Å². The maximum Gasteiger partial charge on any atom is 0.254 e. The minimum Gasteiger partial charge on any atom is -0.494 e. The highest BCUT2D eigenvalue weighted by Gasteiger charge is 2.16. The molecule has 2 aromatic rings. The van der Waals surface area contributed by atoms with E-state index in [4.69, 9.17) is 4.74 Å². The molecule has 2 rings (SSSR count). The Morgan fingerprint density at radius 3 is 2.21 bits per heavy atom. The Balaban J connectivity index is 1.92. The second-order valence-corrected chi connectivity index (χ2v) is 7.53. The Bertz CT molecular complexity index is 793. The van der Waals surface area contributed by atoms with E-state index in [0.29, 0.717) is 18.1 Å². The van der Waals surface area contributed by atoms with Gasteiger partial charge < -0.3 is 15.0 Å². The molecule has 0 fully saturated rings. The molecule has 0 aliphatic heterocycles. The molecule has 0 aromatic heterocycles. The highest BCUT2D eigenvalue weighted by molar-refractivity contribution is 5.99. The second kappa shape index (κ2) is 9.93. The summed E-state index contributed by atoms with van der Waals surface area (Å²) in [7, 11) is 1.62. The number of carbonyl (C=O) groups is 2. The molecule has 1 N–H and O–H groups in total. The van der Waals surface area contributed by atoms with Crippen LogP contribution in [0.15, 0.2) is 42.5 Å². The van der Waals surface area contributed by atoms with Crippen molar-refractivity contribution in [3.05, 3.63) is 59.2 Å². The summed E-state index contributed by atoms with van der Waals surface area (Å²) in [4.78, 5) is 26.4. The predicted molar refractivity (Wildman–Crippen MR) is 113 cm³/mol. The van der Waals surface area contributed by atoms with E-state index in [1.165, 1.54) is 4.90 Å². The molecule has 5 nitrogen and oxygen atoms in total. The number of carbonyl (C=O) groups excluding carboxylic acids is 2. The Morgan fingerprint density at radius 1 is 1.04 bits per heavy atom. The molecule has 5 heteroatoms. The van der Waals surface area contributed by atoms with Gasteiger partial charge in [-0.15, -0.1) is 0 Å². The lowest BCUT2D eigenvalue weighted by atomic mass is 10.1. The van der Waals surface area contributed by atoms with Crippen LogP contribution in [0.2, 0.25) is 0 Å². The Kier molecular flexibility index (Phi) is 7.61. The van der Waals surface area contributed by atoms with Crippen LogP contribution in [0.1, 0.15) is 41.8 Å². The van der Waals surface area contributed by atoms with Gasteiger partial charge in [0.1, 0.15) is 5.75 Å². The van der Waals surface area contributed by atoms with Crippen molar-refractivity contribution in [1.29, 1.82) is 0 Å². The number of benzene rings is 2. The number of nitrogens with one attached hydrogen (secondary N) is 1. The van der Waals surface area contributed by atoms with Crippen molar-refractivity contribution in [2.45, 2.75) is 34.1 Å². The second-order valence-electron chi connectivity index (χ2n) is 7.53. The van der Waals surface area contributed by atoms with Gasteiger partial charge in [0.15, 0.2) is 0 Å². The molecule has 150 valence electrons. The smallest absolute Gasteiger partial charge is 0.254 e. The Morgan fingerprint density at radius 2 is 1.64 bits per heavy atom. The molecule has 0 unspecified atom stereocenters. The third kappa shape index (κ3) is 6.12. The number of anilines is 1. The van der Waals surface area contributed by atoms with Crippen molar-refractivity contribution in [2.24, 2.45) is 5.92 Å². The molecular weight excluding hydrogens is 352 g/mol. The number of para-hydroxylation sites is 1. The van der Waals surface area contributed by atoms with Gasteiger partial charge >= 0.3 is 0 Å². The summed E-state index contributed by atoms with van der Waals surface area (Å²) < 4.78 is 5.68. The van der Waals surface area contributed by atoms with Crippen LogP contribution in [0.25, 0.3) is 0 Å². The average molecular weight is 383 g/mol. The third-order valence-electron chi connectivity index (χ3n) is 4.54. The van der Waals surface area contributed by atoms with Crippen molar-refractivity contribution in [3.63, 3.8) is 0 Å². The average Bonchev–Trinajstić information content (AvgIpc) is 2.64. The fourth-order valence-electron chi connectivity index (χ4n) is 2.80. The van der Waals surface area contributed by atoms with Gasteiger partial charge in [0, 0.05) is 18.3 Å². The van der Waals surface area contributed by atoms with E-state index in [0.717, 1.165) is 29.0 Å². The van der Waals surface area contributed by atoms with E-state index in [1.807, 2.05) is 32.0 Å². The van der Waals surface area contributed by atoms with Crippen LogP contribution in [0.3, 0.4) is 0 Å². The third-order valence-corrected chi connectivity index (χ3v) is 4.54. The lowest BCUT2D eigenvalue weighted by Crippen LogP contribution is -2.35. The molecule has 0 radical (unpaired) electrons. The van der Waals surface area contributed by atoms with E-state index in [1.54, 1.807) is 31.3 Å². The van der Waals surface area contributed by atoms with Crippen LogP contribution in [0, 0.1) is 19.8 Å². The quantitative estimate of drug-likeness (QED) is 0.734. The first-order valence-corrected chi connectivity index (χ1v) is 9.62. The SMILES string of the molecule is Cc1cccc(C)c1NC(=O)CN(C)C(=O)c1ccc(OCCC(C)C)cc1. The summed E-state index contributed by atoms with van der Waals surface area (Å²) in [5.41, 5.74) is 3.32. The van der Waals surface area contributed by atoms with E-state index < -0.39 is 0 Å². The lowest BCUT2D eigenvalue weighted by Gasteiger charge is -2.18. The topological polar surface area (TPSA) is 58.6 Å².